The Morgan fingerprint density at radius 2 is 0.956 bits per heavy atom. The number of benzene rings is 11. The van der Waals surface area contributed by atoms with Crippen LogP contribution in [-0.2, 0) is 0 Å². The lowest BCUT2D eigenvalue weighted by molar-refractivity contribution is 0.671. The maximum Gasteiger partial charge on any atom is 0.248 e. The zero-order chi connectivity index (χ0) is 46.1. The van der Waals surface area contributed by atoms with Crippen molar-refractivity contribution in [2.24, 2.45) is 0 Å². The molecule has 0 saturated carbocycles. The average Bonchev–Trinajstić information content (AvgIpc) is 3.93. The summed E-state index contributed by atoms with van der Waals surface area (Å²) in [5, 5.41) is 18.0. The molecule has 0 saturated heterocycles. The third-order valence-electron chi connectivity index (χ3n) is 14.7. The fraction of sp³-hybridized carbons (Fsp3) is 0.0968. The molecule has 0 atom stereocenters. The SMILES string of the molecule is C[Si](C)(C)c1ccc(N(c2ccc([Si](C)(C)C)cc2)c2ccc3ccc4c(B(c5cccc6c5oc5ccccc56)c5cccc6c5sc5ccccc56)ccc5c6ccccc6c2c3c45)cc1. The number of fused-ring (bicyclic) bond motifs is 9. The van der Waals surface area contributed by atoms with E-state index < -0.39 is 16.1 Å². The van der Waals surface area contributed by atoms with Gasteiger partial charge in [-0.05, 0) is 85.6 Å². The second kappa shape index (κ2) is 15.3. The fourth-order valence-electron chi connectivity index (χ4n) is 11.3. The van der Waals surface area contributed by atoms with Crippen LogP contribution < -0.4 is 31.7 Å². The first kappa shape index (κ1) is 41.2. The number of anilines is 3. The van der Waals surface area contributed by atoms with Crippen molar-refractivity contribution >= 4 is 163 Å². The smallest absolute Gasteiger partial charge is 0.248 e. The molecular formula is C62H50BNOSSi2. The first-order chi connectivity index (χ1) is 33.0. The van der Waals surface area contributed by atoms with Gasteiger partial charge in [-0.25, -0.2) is 0 Å². The minimum Gasteiger partial charge on any atom is -0.457 e. The van der Waals surface area contributed by atoms with Crippen molar-refractivity contribution in [3.05, 3.63) is 194 Å². The first-order valence-corrected chi connectivity index (χ1v) is 31.8. The molecule has 0 aliphatic heterocycles. The second-order valence-electron chi connectivity index (χ2n) is 20.8. The molecule has 0 radical (unpaired) electrons. The van der Waals surface area contributed by atoms with Crippen molar-refractivity contribution in [2.75, 3.05) is 4.90 Å². The zero-order valence-electron chi connectivity index (χ0n) is 39.3. The topological polar surface area (TPSA) is 16.4 Å². The number of thiophene rings is 1. The monoisotopic (exact) mass is 923 g/mol. The molecule has 0 unspecified atom stereocenters. The van der Waals surface area contributed by atoms with Gasteiger partial charge in [0.05, 0.1) is 21.8 Å². The highest BCUT2D eigenvalue weighted by Crippen LogP contribution is 2.48. The molecule has 0 aliphatic carbocycles. The quantitative estimate of drug-likeness (QED) is 0.0858. The van der Waals surface area contributed by atoms with Crippen LogP contribution in [0.4, 0.5) is 17.1 Å². The van der Waals surface area contributed by atoms with E-state index in [-0.39, 0.29) is 6.71 Å². The molecule has 2 heterocycles. The van der Waals surface area contributed by atoms with Crippen LogP contribution in [0.5, 0.6) is 0 Å². The van der Waals surface area contributed by atoms with Crippen molar-refractivity contribution in [1.29, 1.82) is 0 Å². The molecule has 2 nitrogen and oxygen atoms in total. The average molecular weight is 924 g/mol. The number of furan rings is 1. The summed E-state index contributed by atoms with van der Waals surface area (Å²) in [6.45, 7) is 14.5. The van der Waals surface area contributed by atoms with Crippen LogP contribution in [0.1, 0.15) is 0 Å². The van der Waals surface area contributed by atoms with Crippen molar-refractivity contribution in [2.45, 2.75) is 39.3 Å². The summed E-state index contributed by atoms with van der Waals surface area (Å²) < 4.78 is 9.57. The summed E-state index contributed by atoms with van der Waals surface area (Å²) in [7, 11) is -3.07. The van der Waals surface area contributed by atoms with Gasteiger partial charge in [0.15, 0.2) is 0 Å². The van der Waals surface area contributed by atoms with E-state index in [9.17, 15) is 0 Å². The highest BCUT2D eigenvalue weighted by molar-refractivity contribution is 7.27. The molecular weight excluding hydrogens is 874 g/mol. The Bertz CT molecular complexity index is 3950. The van der Waals surface area contributed by atoms with Gasteiger partial charge in [0.1, 0.15) is 11.2 Å². The van der Waals surface area contributed by atoms with Gasteiger partial charge in [-0.2, -0.15) is 0 Å². The predicted octanol–water partition coefficient (Wildman–Crippen LogP) is 15.1. The molecule has 13 rings (SSSR count). The van der Waals surface area contributed by atoms with Gasteiger partial charge in [-0.15, -0.1) is 11.3 Å². The Kier molecular flexibility index (Phi) is 9.27. The number of rotatable bonds is 8. The molecule has 13 aromatic rings. The lowest BCUT2D eigenvalue weighted by Crippen LogP contribution is -2.52. The van der Waals surface area contributed by atoms with Gasteiger partial charge in [0.25, 0.3) is 0 Å². The lowest BCUT2D eigenvalue weighted by atomic mass is 9.36. The van der Waals surface area contributed by atoms with E-state index in [1.807, 2.05) is 11.3 Å². The highest BCUT2D eigenvalue weighted by atomic mass is 32.1. The summed E-state index contributed by atoms with van der Waals surface area (Å²) in [6.07, 6.45) is 0. The van der Waals surface area contributed by atoms with Crippen LogP contribution in [-0.4, -0.2) is 22.9 Å². The van der Waals surface area contributed by atoms with Crippen molar-refractivity contribution in [1.82, 2.24) is 0 Å². The van der Waals surface area contributed by atoms with Crippen molar-refractivity contribution in [3.8, 4) is 0 Å². The molecule has 0 bridgehead atoms. The van der Waals surface area contributed by atoms with E-state index in [1.54, 1.807) is 0 Å². The van der Waals surface area contributed by atoms with Crippen LogP contribution in [0, 0.1) is 0 Å². The highest BCUT2D eigenvalue weighted by Gasteiger charge is 2.32. The molecule has 0 aliphatic rings. The van der Waals surface area contributed by atoms with Crippen LogP contribution in [0.25, 0.3) is 85.2 Å². The second-order valence-corrected chi connectivity index (χ2v) is 32.0. The third-order valence-corrected chi connectivity index (χ3v) is 20.1. The Morgan fingerprint density at radius 1 is 0.397 bits per heavy atom. The molecule has 6 heteroatoms. The van der Waals surface area contributed by atoms with Crippen LogP contribution in [0.3, 0.4) is 0 Å². The third kappa shape index (κ3) is 6.35. The summed E-state index contributed by atoms with van der Waals surface area (Å²) in [6, 6.07) is 73.5. The summed E-state index contributed by atoms with van der Waals surface area (Å²) in [4.78, 5) is 2.52. The number of para-hydroxylation sites is 2. The van der Waals surface area contributed by atoms with E-state index in [2.05, 4.69) is 238 Å². The van der Waals surface area contributed by atoms with Crippen molar-refractivity contribution < 1.29 is 4.42 Å². The maximum absolute atomic E-state index is 6.94. The largest absolute Gasteiger partial charge is 0.457 e. The van der Waals surface area contributed by atoms with E-state index in [1.165, 1.54) is 107 Å². The fourth-order valence-corrected chi connectivity index (χ4v) is 14.9. The summed E-state index contributed by atoms with van der Waals surface area (Å²) in [5.41, 5.74) is 9.15. The predicted molar refractivity (Wildman–Crippen MR) is 306 cm³/mol. The van der Waals surface area contributed by atoms with Gasteiger partial charge in [0.2, 0.25) is 6.71 Å². The normalized spacial score (nSPS) is 12.6. The molecule has 68 heavy (non-hydrogen) atoms. The minimum atomic E-state index is -1.53. The van der Waals surface area contributed by atoms with Crippen LogP contribution in [0.15, 0.2) is 199 Å². The van der Waals surface area contributed by atoms with E-state index >= 15 is 0 Å². The number of nitrogens with zero attached hydrogens (tertiary/aromatic N) is 1. The Hall–Kier alpha value is -6.96. The molecule has 2 aromatic heterocycles. The van der Waals surface area contributed by atoms with Crippen LogP contribution >= 0.6 is 11.3 Å². The number of hydrogen-bond donors (Lipinski definition) is 0. The Morgan fingerprint density at radius 3 is 1.66 bits per heavy atom. The van der Waals surface area contributed by atoms with Gasteiger partial charge in [0, 0.05) is 47.7 Å². The molecule has 0 amide bonds. The minimum absolute atomic E-state index is 0.127. The Balaban J connectivity index is 1.13. The van der Waals surface area contributed by atoms with Gasteiger partial charge in [-0.1, -0.05) is 212 Å². The molecule has 0 spiro atoms. The molecule has 0 fully saturated rings. The standard InChI is InChI=1S/C62H50BNOSSi2/c1-67(2,3)42-31-27-40(28-32-42)64(41-29-33-43(34-30-41)68(4,5)6)55-38-26-39-25-35-51-52(37-36-48-44-15-7-8-18-47(44)60(55)58(39)59(48)51)63(53-21-13-19-49-45-16-9-11-23-56(45)65-61(49)53)54-22-14-20-50-46-17-10-12-24-57(46)66-62(50)54/h7-38H,1-6H3. The molecule has 11 aromatic carbocycles. The molecule has 326 valence electrons. The van der Waals surface area contributed by atoms with E-state index in [0.717, 1.165) is 21.9 Å². The number of hydrogen-bond acceptors (Lipinski definition) is 3. The van der Waals surface area contributed by atoms with E-state index in [4.69, 9.17) is 4.42 Å². The summed E-state index contributed by atoms with van der Waals surface area (Å²) in [5.74, 6) is 0. The summed E-state index contributed by atoms with van der Waals surface area (Å²) >= 11 is 1.91. The van der Waals surface area contributed by atoms with Crippen LogP contribution in [0.2, 0.25) is 39.3 Å². The molecule has 0 N–H and O–H groups in total. The lowest BCUT2D eigenvalue weighted by Gasteiger charge is -2.30. The van der Waals surface area contributed by atoms with E-state index in [0.29, 0.717) is 0 Å². The zero-order valence-corrected chi connectivity index (χ0v) is 42.1. The van der Waals surface area contributed by atoms with Gasteiger partial charge < -0.3 is 9.32 Å². The van der Waals surface area contributed by atoms with Gasteiger partial charge >= 0.3 is 0 Å². The van der Waals surface area contributed by atoms with Gasteiger partial charge in [-0.3, -0.25) is 0 Å². The Labute approximate surface area is 403 Å². The maximum atomic E-state index is 6.94. The van der Waals surface area contributed by atoms with Crippen molar-refractivity contribution in [3.63, 3.8) is 0 Å². The first-order valence-electron chi connectivity index (χ1n) is 23.9.